The molecule has 0 aromatic carbocycles. The number of pyridine rings is 2. The molecule has 5 aromatic rings. The molecular weight excluding hydrogens is 444 g/mol. The number of aromatic nitrogens is 6. The summed E-state index contributed by atoms with van der Waals surface area (Å²) in [6, 6.07) is 7.89. The summed E-state index contributed by atoms with van der Waals surface area (Å²) >= 11 is 8.07. The van der Waals surface area contributed by atoms with Crippen LogP contribution in [-0.2, 0) is 12.1 Å². The third-order valence-electron chi connectivity index (χ3n) is 5.94. The Labute approximate surface area is 192 Å². The van der Waals surface area contributed by atoms with Gasteiger partial charge >= 0.3 is 0 Å². The molecule has 0 saturated heterocycles. The second-order valence-electron chi connectivity index (χ2n) is 8.09. The highest BCUT2D eigenvalue weighted by molar-refractivity contribution is 7.15. The molecule has 0 aliphatic heterocycles. The van der Waals surface area contributed by atoms with Crippen molar-refractivity contribution in [3.05, 3.63) is 71.0 Å². The standard InChI is InChI=1S/C23H19ClN6OS/c24-17-10-26-21-16(20(17)19-11-27-22(32-19)23(31)5-3-6-23)8-18(29-21)14-9-28-30(12-14)13-15-4-1-2-7-25-15/h1-2,4,7-12,31H,3,5-6,13H2,(H,26,29). The highest BCUT2D eigenvalue weighted by Crippen LogP contribution is 2.46. The van der Waals surface area contributed by atoms with Gasteiger partial charge < -0.3 is 10.1 Å². The van der Waals surface area contributed by atoms with Gasteiger partial charge in [-0.3, -0.25) is 9.67 Å². The van der Waals surface area contributed by atoms with Crippen molar-refractivity contribution in [3.8, 4) is 21.7 Å². The number of H-pyrrole nitrogens is 1. The minimum absolute atomic E-state index is 0.560. The van der Waals surface area contributed by atoms with Crippen LogP contribution in [-0.4, -0.2) is 34.8 Å². The molecule has 9 heteroatoms. The maximum absolute atomic E-state index is 10.7. The van der Waals surface area contributed by atoms with Crippen LogP contribution in [0.15, 0.2) is 55.2 Å². The van der Waals surface area contributed by atoms with E-state index >= 15 is 0 Å². The summed E-state index contributed by atoms with van der Waals surface area (Å²) in [6.45, 7) is 0.600. The van der Waals surface area contributed by atoms with E-state index in [1.807, 2.05) is 41.3 Å². The lowest BCUT2D eigenvalue weighted by Crippen LogP contribution is -2.33. The molecule has 0 unspecified atom stereocenters. The average Bonchev–Trinajstić information content (AvgIpc) is 3.52. The number of nitrogens with one attached hydrogen (secondary N) is 1. The molecule has 0 bridgehead atoms. The number of rotatable bonds is 5. The molecule has 2 N–H and O–H groups in total. The lowest BCUT2D eigenvalue weighted by Gasteiger charge is -2.34. The second-order valence-corrected chi connectivity index (χ2v) is 9.53. The Hall–Kier alpha value is -3.07. The summed E-state index contributed by atoms with van der Waals surface area (Å²) in [6.07, 6.45) is 11.6. The van der Waals surface area contributed by atoms with Gasteiger partial charge in [-0.2, -0.15) is 5.10 Å². The fourth-order valence-electron chi connectivity index (χ4n) is 4.03. The van der Waals surface area contributed by atoms with E-state index in [9.17, 15) is 5.11 Å². The van der Waals surface area contributed by atoms with Crippen molar-refractivity contribution < 1.29 is 5.11 Å². The van der Waals surface area contributed by atoms with Gasteiger partial charge in [0.25, 0.3) is 0 Å². The summed E-state index contributed by atoms with van der Waals surface area (Å²) in [5, 5.41) is 17.4. The zero-order valence-electron chi connectivity index (χ0n) is 17.0. The molecule has 6 rings (SSSR count). The number of aliphatic hydroxyl groups is 1. The van der Waals surface area contributed by atoms with E-state index in [0.29, 0.717) is 11.6 Å². The lowest BCUT2D eigenvalue weighted by atomic mass is 9.81. The van der Waals surface area contributed by atoms with Crippen LogP contribution < -0.4 is 0 Å². The van der Waals surface area contributed by atoms with Gasteiger partial charge in [0.15, 0.2) is 0 Å². The highest BCUT2D eigenvalue weighted by Gasteiger charge is 2.39. The summed E-state index contributed by atoms with van der Waals surface area (Å²) in [4.78, 5) is 17.6. The number of nitrogens with zero attached hydrogens (tertiary/aromatic N) is 5. The Bertz CT molecular complexity index is 1420. The molecule has 5 aromatic heterocycles. The molecule has 160 valence electrons. The molecule has 0 radical (unpaired) electrons. The summed E-state index contributed by atoms with van der Waals surface area (Å²) in [5.41, 5.74) is 3.65. The van der Waals surface area contributed by atoms with Gasteiger partial charge in [0.1, 0.15) is 16.3 Å². The number of hydrogen-bond donors (Lipinski definition) is 2. The van der Waals surface area contributed by atoms with E-state index in [-0.39, 0.29) is 0 Å². The van der Waals surface area contributed by atoms with Crippen molar-refractivity contribution >= 4 is 34.0 Å². The van der Waals surface area contributed by atoms with Crippen LogP contribution in [0.2, 0.25) is 5.02 Å². The van der Waals surface area contributed by atoms with Crippen LogP contribution in [0, 0.1) is 0 Å². The largest absolute Gasteiger partial charge is 0.383 e. The molecule has 32 heavy (non-hydrogen) atoms. The Morgan fingerprint density at radius 3 is 2.84 bits per heavy atom. The number of aromatic amines is 1. The Balaban J connectivity index is 1.36. The van der Waals surface area contributed by atoms with Gasteiger partial charge in [0.05, 0.1) is 34.0 Å². The predicted octanol–water partition coefficient (Wildman–Crippen LogP) is 5.02. The Morgan fingerprint density at radius 1 is 1.16 bits per heavy atom. The Morgan fingerprint density at radius 2 is 2.06 bits per heavy atom. The SMILES string of the molecule is OC1(c2ncc(-c3c(Cl)cnc4[nH]c(-c5cnn(Cc6ccccn6)c5)cc34)s2)CCC1. The molecule has 7 nitrogen and oxygen atoms in total. The van der Waals surface area contributed by atoms with E-state index in [1.165, 1.54) is 11.3 Å². The van der Waals surface area contributed by atoms with E-state index < -0.39 is 5.60 Å². The maximum atomic E-state index is 10.7. The zero-order valence-corrected chi connectivity index (χ0v) is 18.6. The Kier molecular flexibility index (Phi) is 4.60. The van der Waals surface area contributed by atoms with Crippen LogP contribution in [0.5, 0.6) is 0 Å². The van der Waals surface area contributed by atoms with Gasteiger partial charge in [-0.25, -0.2) is 9.97 Å². The molecule has 0 amide bonds. The number of halogens is 1. The first-order valence-electron chi connectivity index (χ1n) is 10.4. The topological polar surface area (TPSA) is 92.5 Å². The van der Waals surface area contributed by atoms with Crippen molar-refractivity contribution in [1.29, 1.82) is 0 Å². The van der Waals surface area contributed by atoms with Crippen molar-refractivity contribution in [2.24, 2.45) is 0 Å². The smallest absolute Gasteiger partial charge is 0.138 e. The van der Waals surface area contributed by atoms with Gasteiger partial charge in [-0.15, -0.1) is 11.3 Å². The second kappa shape index (κ2) is 7.51. The van der Waals surface area contributed by atoms with E-state index in [1.54, 1.807) is 18.6 Å². The van der Waals surface area contributed by atoms with Crippen LogP contribution in [0.3, 0.4) is 0 Å². The molecule has 5 heterocycles. The lowest BCUT2D eigenvalue weighted by molar-refractivity contribution is -0.0389. The van der Waals surface area contributed by atoms with Gasteiger partial charge in [-0.1, -0.05) is 17.7 Å². The summed E-state index contributed by atoms with van der Waals surface area (Å²) < 4.78 is 1.86. The molecule has 1 aliphatic rings. The predicted molar refractivity (Wildman–Crippen MR) is 125 cm³/mol. The highest BCUT2D eigenvalue weighted by atomic mass is 35.5. The monoisotopic (exact) mass is 462 g/mol. The van der Waals surface area contributed by atoms with Crippen LogP contribution in [0.4, 0.5) is 0 Å². The molecule has 1 fully saturated rings. The van der Waals surface area contributed by atoms with Crippen LogP contribution in [0.25, 0.3) is 32.7 Å². The summed E-state index contributed by atoms with van der Waals surface area (Å²) in [7, 11) is 0. The van der Waals surface area contributed by atoms with E-state index in [4.69, 9.17) is 11.6 Å². The molecule has 0 spiro atoms. The normalized spacial score (nSPS) is 15.2. The molecule has 1 saturated carbocycles. The van der Waals surface area contributed by atoms with Gasteiger partial charge in [-0.05, 0) is 37.5 Å². The van der Waals surface area contributed by atoms with E-state index in [2.05, 4.69) is 25.0 Å². The average molecular weight is 463 g/mol. The van der Waals surface area contributed by atoms with Crippen molar-refractivity contribution in [3.63, 3.8) is 0 Å². The summed E-state index contributed by atoms with van der Waals surface area (Å²) in [5.74, 6) is 0. The van der Waals surface area contributed by atoms with E-state index in [0.717, 1.165) is 62.7 Å². The fraction of sp³-hybridized carbons (Fsp3) is 0.217. The number of fused-ring (bicyclic) bond motifs is 1. The minimum Gasteiger partial charge on any atom is -0.383 e. The number of hydrogen-bond acceptors (Lipinski definition) is 6. The third kappa shape index (κ3) is 3.31. The quantitative estimate of drug-likeness (QED) is 0.382. The number of thiazole rings is 1. The fourth-order valence-corrected chi connectivity index (χ4v) is 5.48. The van der Waals surface area contributed by atoms with Crippen molar-refractivity contribution in [2.75, 3.05) is 0 Å². The third-order valence-corrected chi connectivity index (χ3v) is 7.43. The first-order valence-corrected chi connectivity index (χ1v) is 11.6. The molecule has 0 atom stereocenters. The molecular formula is C23H19ClN6OS. The first kappa shape index (κ1) is 19.6. The molecule has 1 aliphatic carbocycles. The minimum atomic E-state index is -0.785. The van der Waals surface area contributed by atoms with Crippen LogP contribution in [0.1, 0.15) is 30.0 Å². The zero-order chi connectivity index (χ0) is 21.7. The van der Waals surface area contributed by atoms with Crippen molar-refractivity contribution in [1.82, 2.24) is 29.7 Å². The van der Waals surface area contributed by atoms with Crippen molar-refractivity contribution in [2.45, 2.75) is 31.4 Å². The maximum Gasteiger partial charge on any atom is 0.138 e. The van der Waals surface area contributed by atoms with Gasteiger partial charge in [0, 0.05) is 41.3 Å². The first-order chi connectivity index (χ1) is 15.6. The van der Waals surface area contributed by atoms with Gasteiger partial charge in [0.2, 0.25) is 0 Å². The van der Waals surface area contributed by atoms with Crippen LogP contribution >= 0.6 is 22.9 Å².